The Balaban J connectivity index is 1.44. The molecule has 1 saturated heterocycles. The van der Waals surface area contributed by atoms with Crippen molar-refractivity contribution < 1.29 is 9.26 Å². The zero-order valence-electron chi connectivity index (χ0n) is 13.1. The summed E-state index contributed by atoms with van der Waals surface area (Å²) >= 11 is 5.90. The fourth-order valence-electron chi connectivity index (χ4n) is 2.90. The number of rotatable bonds is 5. The second-order valence-electron chi connectivity index (χ2n) is 5.81. The summed E-state index contributed by atoms with van der Waals surface area (Å²) in [5.41, 5.74) is 0.890. The largest absolute Gasteiger partial charge is 0.381 e. The van der Waals surface area contributed by atoms with E-state index in [1.165, 1.54) is 0 Å². The van der Waals surface area contributed by atoms with Crippen molar-refractivity contribution in [2.45, 2.75) is 25.3 Å². The van der Waals surface area contributed by atoms with Gasteiger partial charge in [0, 0.05) is 48.5 Å². The molecule has 4 rings (SSSR count). The molecule has 0 radical (unpaired) electrons. The molecule has 0 amide bonds. The highest BCUT2D eigenvalue weighted by atomic mass is 35.5. The molecule has 24 heavy (non-hydrogen) atoms. The molecular formula is C17H17ClN4O2. The first kappa shape index (κ1) is 15.4. The van der Waals surface area contributed by atoms with Gasteiger partial charge in [0.15, 0.2) is 0 Å². The van der Waals surface area contributed by atoms with Gasteiger partial charge in [-0.15, -0.1) is 0 Å². The zero-order chi connectivity index (χ0) is 16.4. The number of ether oxygens (including phenoxy) is 1. The van der Waals surface area contributed by atoms with Crippen molar-refractivity contribution in [2.24, 2.45) is 0 Å². The fourth-order valence-corrected chi connectivity index (χ4v) is 3.02. The summed E-state index contributed by atoms with van der Waals surface area (Å²) in [6, 6.07) is 7.39. The second kappa shape index (κ2) is 6.75. The molecule has 7 heteroatoms. The minimum absolute atomic E-state index is 0.382. The predicted octanol–water partition coefficient (Wildman–Crippen LogP) is 3.33. The Morgan fingerprint density at radius 2 is 2.12 bits per heavy atom. The maximum absolute atomic E-state index is 5.90. The number of benzene rings is 1. The summed E-state index contributed by atoms with van der Waals surface area (Å²) in [4.78, 5) is 8.93. The maximum atomic E-state index is 5.90. The van der Waals surface area contributed by atoms with Crippen LogP contribution in [0.5, 0.6) is 0 Å². The van der Waals surface area contributed by atoms with Crippen LogP contribution in [-0.4, -0.2) is 32.9 Å². The SMILES string of the molecule is Clc1ccc(-c2noc(CCn3ccnc3[C@H]3CCOC3)n2)cc1. The highest BCUT2D eigenvalue weighted by Gasteiger charge is 2.22. The molecular weight excluding hydrogens is 328 g/mol. The number of aromatic nitrogens is 4. The van der Waals surface area contributed by atoms with Crippen LogP contribution in [0.1, 0.15) is 24.1 Å². The first-order valence-electron chi connectivity index (χ1n) is 7.97. The van der Waals surface area contributed by atoms with Crippen molar-refractivity contribution >= 4 is 11.6 Å². The van der Waals surface area contributed by atoms with E-state index in [0.29, 0.717) is 29.1 Å². The van der Waals surface area contributed by atoms with Gasteiger partial charge >= 0.3 is 0 Å². The zero-order valence-corrected chi connectivity index (χ0v) is 13.8. The standard InChI is InChI=1S/C17H17ClN4O2/c18-14-3-1-12(2-4-14)16-20-15(24-21-16)5-8-22-9-7-19-17(22)13-6-10-23-11-13/h1-4,7,9,13H,5-6,8,10-11H2/t13-/m0/s1. The van der Waals surface area contributed by atoms with Crippen molar-refractivity contribution in [3.8, 4) is 11.4 Å². The van der Waals surface area contributed by atoms with E-state index in [9.17, 15) is 0 Å². The van der Waals surface area contributed by atoms with Crippen LogP contribution in [0, 0.1) is 0 Å². The van der Waals surface area contributed by atoms with Crippen LogP contribution < -0.4 is 0 Å². The van der Waals surface area contributed by atoms with Gasteiger partial charge in [0.1, 0.15) is 5.82 Å². The van der Waals surface area contributed by atoms with Crippen molar-refractivity contribution in [1.29, 1.82) is 0 Å². The average Bonchev–Trinajstić information content (AvgIpc) is 3.34. The monoisotopic (exact) mass is 344 g/mol. The molecule has 0 N–H and O–H groups in total. The fraction of sp³-hybridized carbons (Fsp3) is 0.353. The minimum Gasteiger partial charge on any atom is -0.381 e. The molecule has 124 valence electrons. The molecule has 1 aromatic carbocycles. The molecule has 1 aliphatic rings. The van der Waals surface area contributed by atoms with E-state index >= 15 is 0 Å². The normalized spacial score (nSPS) is 17.5. The number of hydrogen-bond donors (Lipinski definition) is 0. The molecule has 0 bridgehead atoms. The van der Waals surface area contributed by atoms with Crippen molar-refractivity contribution in [3.63, 3.8) is 0 Å². The van der Waals surface area contributed by atoms with E-state index in [2.05, 4.69) is 19.7 Å². The lowest BCUT2D eigenvalue weighted by Gasteiger charge is -2.10. The molecule has 2 aromatic heterocycles. The Bertz CT molecular complexity index is 806. The van der Waals surface area contributed by atoms with Gasteiger partial charge < -0.3 is 13.8 Å². The molecule has 6 nitrogen and oxygen atoms in total. The van der Waals surface area contributed by atoms with Crippen LogP contribution in [-0.2, 0) is 17.7 Å². The number of nitrogens with zero attached hydrogens (tertiary/aromatic N) is 4. The van der Waals surface area contributed by atoms with Crippen molar-refractivity contribution in [1.82, 2.24) is 19.7 Å². The quantitative estimate of drug-likeness (QED) is 0.710. The average molecular weight is 345 g/mol. The summed E-state index contributed by atoms with van der Waals surface area (Å²) in [6.45, 7) is 2.32. The molecule has 0 saturated carbocycles. The number of halogens is 1. The highest BCUT2D eigenvalue weighted by molar-refractivity contribution is 6.30. The van der Waals surface area contributed by atoms with Crippen LogP contribution in [0.15, 0.2) is 41.2 Å². The number of aryl methyl sites for hydroxylation is 2. The summed E-state index contributed by atoms with van der Waals surface area (Å²) in [6.07, 6.45) is 5.51. The van der Waals surface area contributed by atoms with Crippen LogP contribution >= 0.6 is 11.6 Å². The highest BCUT2D eigenvalue weighted by Crippen LogP contribution is 2.24. The van der Waals surface area contributed by atoms with E-state index in [4.69, 9.17) is 20.9 Å². The van der Waals surface area contributed by atoms with Gasteiger partial charge in [0.25, 0.3) is 0 Å². The lowest BCUT2D eigenvalue weighted by molar-refractivity contribution is 0.192. The summed E-state index contributed by atoms with van der Waals surface area (Å²) in [7, 11) is 0. The van der Waals surface area contributed by atoms with Gasteiger partial charge in [-0.1, -0.05) is 16.8 Å². The molecule has 0 unspecified atom stereocenters. The Morgan fingerprint density at radius 1 is 1.25 bits per heavy atom. The van der Waals surface area contributed by atoms with Crippen LogP contribution in [0.4, 0.5) is 0 Å². The Labute approximate surface area is 144 Å². The number of hydrogen-bond acceptors (Lipinski definition) is 5. The minimum atomic E-state index is 0.382. The molecule has 1 atom stereocenters. The van der Waals surface area contributed by atoms with E-state index in [1.807, 2.05) is 36.7 Å². The Kier molecular flexibility index (Phi) is 4.32. The van der Waals surface area contributed by atoms with Crippen molar-refractivity contribution in [2.75, 3.05) is 13.2 Å². The molecule has 0 aliphatic carbocycles. The molecule has 1 fully saturated rings. The third-order valence-corrected chi connectivity index (χ3v) is 4.43. The van der Waals surface area contributed by atoms with Gasteiger partial charge in [-0.05, 0) is 30.7 Å². The molecule has 3 aromatic rings. The van der Waals surface area contributed by atoms with Gasteiger partial charge in [-0.3, -0.25) is 0 Å². The van der Waals surface area contributed by atoms with Crippen LogP contribution in [0.25, 0.3) is 11.4 Å². The first-order valence-corrected chi connectivity index (χ1v) is 8.35. The molecule has 3 heterocycles. The van der Waals surface area contributed by atoms with Crippen molar-refractivity contribution in [3.05, 3.63) is 53.4 Å². The van der Waals surface area contributed by atoms with Gasteiger partial charge in [0.2, 0.25) is 11.7 Å². The van der Waals surface area contributed by atoms with Gasteiger partial charge in [-0.25, -0.2) is 4.98 Å². The Hall–Kier alpha value is -2.18. The lowest BCUT2D eigenvalue weighted by Crippen LogP contribution is -2.10. The van der Waals surface area contributed by atoms with Gasteiger partial charge in [-0.2, -0.15) is 4.98 Å². The third kappa shape index (κ3) is 3.20. The molecule has 0 spiro atoms. The second-order valence-corrected chi connectivity index (χ2v) is 6.24. The topological polar surface area (TPSA) is 66.0 Å². The summed E-state index contributed by atoms with van der Waals surface area (Å²) in [5, 5.41) is 4.73. The summed E-state index contributed by atoms with van der Waals surface area (Å²) < 4.78 is 13.0. The Morgan fingerprint density at radius 3 is 2.92 bits per heavy atom. The van der Waals surface area contributed by atoms with Gasteiger partial charge in [0.05, 0.1) is 6.61 Å². The first-order chi connectivity index (χ1) is 11.8. The van der Waals surface area contributed by atoms with Crippen LogP contribution in [0.2, 0.25) is 5.02 Å². The van der Waals surface area contributed by atoms with E-state index in [-0.39, 0.29) is 0 Å². The predicted molar refractivity (Wildman–Crippen MR) is 88.9 cm³/mol. The van der Waals surface area contributed by atoms with Crippen LogP contribution in [0.3, 0.4) is 0 Å². The van der Waals surface area contributed by atoms with E-state index in [1.54, 1.807) is 0 Å². The molecule has 1 aliphatic heterocycles. The third-order valence-electron chi connectivity index (χ3n) is 4.18. The smallest absolute Gasteiger partial charge is 0.228 e. The lowest BCUT2D eigenvalue weighted by atomic mass is 10.1. The van der Waals surface area contributed by atoms with E-state index < -0.39 is 0 Å². The number of imidazole rings is 1. The summed E-state index contributed by atoms with van der Waals surface area (Å²) in [5.74, 6) is 2.65. The maximum Gasteiger partial charge on any atom is 0.228 e. The van der Waals surface area contributed by atoms with E-state index in [0.717, 1.165) is 37.6 Å².